The van der Waals surface area contributed by atoms with Crippen LogP contribution in [0, 0.1) is 0 Å². The molecule has 0 saturated heterocycles. The number of carbonyl (C=O) groups excluding carboxylic acids is 2. The van der Waals surface area contributed by atoms with Crippen LogP contribution in [0.1, 0.15) is 6.42 Å². The van der Waals surface area contributed by atoms with E-state index < -0.39 is 0 Å². The Morgan fingerprint density at radius 3 is 2.85 bits per heavy atom. The van der Waals surface area contributed by atoms with Gasteiger partial charge in [0.1, 0.15) is 0 Å². The lowest BCUT2D eigenvalue weighted by Gasteiger charge is -2.02. The van der Waals surface area contributed by atoms with Gasteiger partial charge in [-0.1, -0.05) is 12.1 Å². The van der Waals surface area contributed by atoms with Gasteiger partial charge >= 0.3 is 0 Å². The summed E-state index contributed by atoms with van der Waals surface area (Å²) in [6.07, 6.45) is -0.0423. The topological polar surface area (TPSA) is 46.2 Å². The van der Waals surface area contributed by atoms with Gasteiger partial charge in [-0.2, -0.15) is 0 Å². The van der Waals surface area contributed by atoms with Crippen LogP contribution >= 0.6 is 11.8 Å². The van der Waals surface area contributed by atoms with Crippen LogP contribution < -0.4 is 5.32 Å². The molecule has 3 nitrogen and oxygen atoms in total. The van der Waals surface area contributed by atoms with Gasteiger partial charge in [-0.05, 0) is 23.9 Å². The van der Waals surface area contributed by atoms with Crippen molar-refractivity contribution < 1.29 is 9.59 Å². The van der Waals surface area contributed by atoms with Gasteiger partial charge < -0.3 is 5.32 Å². The van der Waals surface area contributed by atoms with Crippen molar-refractivity contribution in [3.8, 4) is 0 Å². The summed E-state index contributed by atoms with van der Waals surface area (Å²) < 4.78 is 0. The normalized spacial score (nSPS) is 16.0. The Kier molecular flexibility index (Phi) is 2.06. The Bertz CT molecular complexity index is 341. The number of fused-ring (bicyclic) bond motifs is 1. The first kappa shape index (κ1) is 8.31. The molecule has 0 fully saturated rings. The second kappa shape index (κ2) is 3.22. The number of amides is 1. The van der Waals surface area contributed by atoms with Crippen LogP contribution in [0.4, 0.5) is 5.69 Å². The Morgan fingerprint density at radius 2 is 2.00 bits per heavy atom. The van der Waals surface area contributed by atoms with Crippen LogP contribution in [-0.2, 0) is 9.59 Å². The van der Waals surface area contributed by atoms with E-state index in [0.29, 0.717) is 0 Å². The summed E-state index contributed by atoms with van der Waals surface area (Å²) in [5.74, 6) is -0.234. The van der Waals surface area contributed by atoms with Gasteiger partial charge in [0.05, 0.1) is 12.1 Å². The number of anilines is 1. The predicted octanol–water partition coefficient (Wildman–Crippen LogP) is 1.65. The maximum Gasteiger partial charge on any atom is 0.232 e. The zero-order valence-corrected chi connectivity index (χ0v) is 7.56. The average molecular weight is 193 g/mol. The molecule has 0 saturated carbocycles. The third kappa shape index (κ3) is 1.72. The number of hydrogen-bond acceptors (Lipinski definition) is 3. The minimum atomic E-state index is -0.234. The number of carbonyl (C=O) groups is 2. The molecule has 1 aliphatic heterocycles. The van der Waals surface area contributed by atoms with Crippen LogP contribution in [-0.4, -0.2) is 11.0 Å². The van der Waals surface area contributed by atoms with Crippen LogP contribution in [0.3, 0.4) is 0 Å². The molecule has 2 rings (SSSR count). The molecule has 0 aliphatic carbocycles. The molecule has 1 aromatic carbocycles. The van der Waals surface area contributed by atoms with Gasteiger partial charge in [0, 0.05) is 4.90 Å². The summed E-state index contributed by atoms with van der Waals surface area (Å²) in [6, 6.07) is 7.29. The van der Waals surface area contributed by atoms with Crippen molar-refractivity contribution in [2.45, 2.75) is 11.3 Å². The minimum absolute atomic E-state index is 0.0423. The lowest BCUT2D eigenvalue weighted by molar-refractivity contribution is -0.121. The fraction of sp³-hybridized carbons (Fsp3) is 0.111. The average Bonchev–Trinajstić information content (AvgIpc) is 2.20. The number of thioether (sulfide) groups is 1. The lowest BCUT2D eigenvalue weighted by Crippen LogP contribution is -2.11. The first-order valence-electron chi connectivity index (χ1n) is 3.85. The van der Waals surface area contributed by atoms with E-state index in [-0.39, 0.29) is 17.4 Å². The maximum absolute atomic E-state index is 11.2. The summed E-state index contributed by atoms with van der Waals surface area (Å²) in [7, 11) is 0. The van der Waals surface area contributed by atoms with Crippen molar-refractivity contribution in [2.75, 3.05) is 5.32 Å². The van der Waals surface area contributed by atoms with Gasteiger partial charge in [-0.3, -0.25) is 9.59 Å². The molecule has 1 heterocycles. The molecule has 13 heavy (non-hydrogen) atoms. The zero-order chi connectivity index (χ0) is 9.26. The van der Waals surface area contributed by atoms with Gasteiger partial charge in [-0.25, -0.2) is 0 Å². The van der Waals surface area contributed by atoms with E-state index in [9.17, 15) is 9.59 Å². The van der Waals surface area contributed by atoms with Gasteiger partial charge in [0.15, 0.2) is 0 Å². The van der Waals surface area contributed by atoms with E-state index in [4.69, 9.17) is 0 Å². The predicted molar refractivity (Wildman–Crippen MR) is 50.6 cm³/mol. The third-order valence-corrected chi connectivity index (χ3v) is 2.64. The van der Waals surface area contributed by atoms with Crippen LogP contribution in [0.25, 0.3) is 0 Å². The number of hydrogen-bond donors (Lipinski definition) is 1. The molecule has 0 aromatic heterocycles. The van der Waals surface area contributed by atoms with E-state index in [1.54, 1.807) is 6.07 Å². The molecular weight excluding hydrogens is 186 g/mol. The lowest BCUT2D eigenvalue weighted by atomic mass is 10.3. The monoisotopic (exact) mass is 193 g/mol. The van der Waals surface area contributed by atoms with E-state index in [1.807, 2.05) is 18.2 Å². The van der Waals surface area contributed by atoms with Crippen LogP contribution in [0.2, 0.25) is 0 Å². The number of rotatable bonds is 0. The van der Waals surface area contributed by atoms with E-state index in [0.717, 1.165) is 22.3 Å². The first-order valence-corrected chi connectivity index (χ1v) is 4.67. The van der Waals surface area contributed by atoms with Gasteiger partial charge in [0.25, 0.3) is 0 Å². The molecular formula is C9H7NO2S. The van der Waals surface area contributed by atoms with Crippen molar-refractivity contribution in [2.24, 2.45) is 0 Å². The molecule has 1 amide bonds. The maximum atomic E-state index is 11.2. The number of para-hydroxylation sites is 1. The highest BCUT2D eigenvalue weighted by molar-refractivity contribution is 8.13. The molecule has 0 radical (unpaired) electrons. The zero-order valence-electron chi connectivity index (χ0n) is 6.74. The van der Waals surface area contributed by atoms with E-state index >= 15 is 0 Å². The number of nitrogens with one attached hydrogen (secondary N) is 1. The van der Waals surface area contributed by atoms with Crippen molar-refractivity contribution in [3.05, 3.63) is 24.3 Å². The summed E-state index contributed by atoms with van der Waals surface area (Å²) in [4.78, 5) is 23.1. The quantitative estimate of drug-likeness (QED) is 0.637. The SMILES string of the molecule is O=C1CC(=O)Sc2ccccc2N1. The molecule has 0 atom stereocenters. The molecule has 66 valence electrons. The van der Waals surface area contributed by atoms with Crippen molar-refractivity contribution in [1.29, 1.82) is 0 Å². The van der Waals surface area contributed by atoms with Crippen molar-refractivity contribution in [1.82, 2.24) is 0 Å². The summed E-state index contributed by atoms with van der Waals surface area (Å²) >= 11 is 1.11. The van der Waals surface area contributed by atoms with Crippen molar-refractivity contribution >= 4 is 28.5 Å². The van der Waals surface area contributed by atoms with Crippen LogP contribution in [0.5, 0.6) is 0 Å². The molecule has 0 bridgehead atoms. The Labute approximate surface area is 79.5 Å². The molecule has 4 heteroatoms. The second-order valence-corrected chi connectivity index (χ2v) is 3.79. The molecule has 1 aromatic rings. The minimum Gasteiger partial charge on any atom is -0.325 e. The van der Waals surface area contributed by atoms with Crippen LogP contribution in [0.15, 0.2) is 29.2 Å². The molecule has 0 spiro atoms. The highest BCUT2D eigenvalue weighted by atomic mass is 32.2. The highest BCUT2D eigenvalue weighted by Crippen LogP contribution is 2.30. The third-order valence-electron chi connectivity index (χ3n) is 1.69. The van der Waals surface area contributed by atoms with E-state index in [1.165, 1.54) is 0 Å². The van der Waals surface area contributed by atoms with Crippen molar-refractivity contribution in [3.63, 3.8) is 0 Å². The summed E-state index contributed by atoms with van der Waals surface area (Å²) in [5, 5.41) is 2.56. The fourth-order valence-corrected chi connectivity index (χ4v) is 1.97. The van der Waals surface area contributed by atoms with E-state index in [2.05, 4.69) is 5.32 Å². The Balaban J connectivity index is 2.43. The largest absolute Gasteiger partial charge is 0.325 e. The molecule has 0 unspecified atom stereocenters. The van der Waals surface area contributed by atoms with Gasteiger partial charge in [-0.15, -0.1) is 0 Å². The Hall–Kier alpha value is -1.29. The standard InChI is InChI=1S/C9H7NO2S/c11-8-5-9(12)13-7-4-2-1-3-6(7)10-8/h1-4H,5H2,(H,10,11). The summed E-state index contributed by atoms with van der Waals surface area (Å²) in [5.41, 5.74) is 0.725. The van der Waals surface area contributed by atoms with Gasteiger partial charge in [0.2, 0.25) is 11.0 Å². The molecule has 1 N–H and O–H groups in total. The highest BCUT2D eigenvalue weighted by Gasteiger charge is 2.18. The first-order chi connectivity index (χ1) is 6.25. The smallest absolute Gasteiger partial charge is 0.232 e. The number of benzene rings is 1. The fourth-order valence-electron chi connectivity index (χ4n) is 1.14. The second-order valence-electron chi connectivity index (χ2n) is 2.70. The Morgan fingerprint density at radius 1 is 1.23 bits per heavy atom. The molecule has 1 aliphatic rings. The summed E-state index contributed by atoms with van der Waals surface area (Å²) in [6.45, 7) is 0.